The van der Waals surface area contributed by atoms with Gasteiger partial charge in [0.2, 0.25) is 6.79 Å². The molecule has 0 saturated carbocycles. The van der Waals surface area contributed by atoms with Crippen molar-refractivity contribution in [2.75, 3.05) is 11.9 Å². The first-order chi connectivity index (χ1) is 6.68. The van der Waals surface area contributed by atoms with Crippen LogP contribution in [-0.4, -0.2) is 12.9 Å². The van der Waals surface area contributed by atoms with Crippen LogP contribution in [0.2, 0.25) is 10.0 Å². The molecule has 1 heterocycles. The van der Waals surface area contributed by atoms with Gasteiger partial charge in [0.05, 0.1) is 15.7 Å². The number of halogens is 2. The molecular weight excluding hydrogens is 229 g/mol. The van der Waals surface area contributed by atoms with E-state index in [4.69, 9.17) is 28.0 Å². The summed E-state index contributed by atoms with van der Waals surface area (Å²) < 4.78 is 4.58. The molecule has 0 aliphatic carbocycles. The smallest absolute Gasteiger partial charge is 0.418 e. The molecule has 1 aliphatic heterocycles. The summed E-state index contributed by atoms with van der Waals surface area (Å²) in [7, 11) is 0. The summed E-state index contributed by atoms with van der Waals surface area (Å²) >= 11 is 11.5. The maximum Gasteiger partial charge on any atom is 0.441 e. The number of benzene rings is 1. The Morgan fingerprint density at radius 2 is 2.07 bits per heavy atom. The fourth-order valence-corrected chi connectivity index (χ4v) is 1.32. The molecule has 1 aromatic rings. The van der Waals surface area contributed by atoms with Crippen LogP contribution in [0.5, 0.6) is 0 Å². The van der Waals surface area contributed by atoms with Crippen molar-refractivity contribution in [1.82, 2.24) is 0 Å². The molecule has 4 nitrogen and oxygen atoms in total. The number of hydrogen-bond donors (Lipinski definition) is 0. The van der Waals surface area contributed by atoms with E-state index in [0.29, 0.717) is 15.7 Å². The molecule has 74 valence electrons. The minimum Gasteiger partial charge on any atom is -0.418 e. The monoisotopic (exact) mass is 233 g/mol. The molecule has 1 saturated heterocycles. The molecule has 6 heteroatoms. The summed E-state index contributed by atoms with van der Waals surface area (Å²) in [5.41, 5.74) is 0.488. The number of hydrogen-bond acceptors (Lipinski definition) is 3. The number of carbonyl (C=O) groups is 1. The second-order valence-corrected chi connectivity index (χ2v) is 3.36. The molecule has 0 aromatic heterocycles. The second kappa shape index (κ2) is 3.65. The molecule has 14 heavy (non-hydrogen) atoms. The van der Waals surface area contributed by atoms with E-state index in [0.717, 1.165) is 5.06 Å². The van der Waals surface area contributed by atoms with Crippen molar-refractivity contribution in [3.8, 4) is 0 Å². The third kappa shape index (κ3) is 1.64. The summed E-state index contributed by atoms with van der Waals surface area (Å²) in [6.07, 6.45) is -0.566. The quantitative estimate of drug-likeness (QED) is 0.749. The first-order valence-electron chi connectivity index (χ1n) is 3.73. The number of anilines is 1. The van der Waals surface area contributed by atoms with Gasteiger partial charge in [0.25, 0.3) is 0 Å². The lowest BCUT2D eigenvalue weighted by Gasteiger charge is -2.10. The Hall–Kier alpha value is -0.970. The average molecular weight is 234 g/mol. The number of carbonyl (C=O) groups excluding carboxylic acids is 1. The van der Waals surface area contributed by atoms with Crippen molar-refractivity contribution in [2.24, 2.45) is 0 Å². The fourth-order valence-electron chi connectivity index (χ4n) is 1.03. The number of nitrogens with zero attached hydrogens (tertiary/aromatic N) is 1. The molecule has 1 fully saturated rings. The van der Waals surface area contributed by atoms with E-state index in [1.807, 2.05) is 0 Å². The highest BCUT2D eigenvalue weighted by atomic mass is 35.5. The average Bonchev–Trinajstić information content (AvgIpc) is 2.57. The Morgan fingerprint density at radius 1 is 1.29 bits per heavy atom. The van der Waals surface area contributed by atoms with Gasteiger partial charge in [-0.1, -0.05) is 23.2 Å². The Kier molecular flexibility index (Phi) is 2.50. The van der Waals surface area contributed by atoms with Crippen molar-refractivity contribution in [2.45, 2.75) is 0 Å². The zero-order valence-electron chi connectivity index (χ0n) is 6.87. The molecule has 0 N–H and O–H groups in total. The van der Waals surface area contributed by atoms with Crippen LogP contribution >= 0.6 is 23.2 Å². The summed E-state index contributed by atoms with van der Waals surface area (Å²) in [4.78, 5) is 16.0. The van der Waals surface area contributed by atoms with Gasteiger partial charge in [0.15, 0.2) is 0 Å². The Labute approximate surface area is 89.9 Å². The number of amides is 1. The van der Waals surface area contributed by atoms with Crippen LogP contribution < -0.4 is 5.06 Å². The van der Waals surface area contributed by atoms with Crippen LogP contribution in [0.1, 0.15) is 0 Å². The van der Waals surface area contributed by atoms with E-state index in [-0.39, 0.29) is 6.79 Å². The molecule has 0 radical (unpaired) electrons. The Morgan fingerprint density at radius 3 is 2.64 bits per heavy atom. The lowest BCUT2D eigenvalue weighted by Crippen LogP contribution is -2.21. The van der Waals surface area contributed by atoms with Crippen LogP contribution in [-0.2, 0) is 9.57 Å². The maximum atomic E-state index is 11.1. The highest BCUT2D eigenvalue weighted by Gasteiger charge is 2.25. The van der Waals surface area contributed by atoms with E-state index >= 15 is 0 Å². The largest absolute Gasteiger partial charge is 0.441 e. The molecular formula is C8H5Cl2NO3. The van der Waals surface area contributed by atoms with Crippen LogP contribution in [0.15, 0.2) is 18.2 Å². The lowest BCUT2D eigenvalue weighted by atomic mass is 10.3. The molecule has 0 atom stereocenters. The normalized spacial score (nSPS) is 15.9. The first-order valence-corrected chi connectivity index (χ1v) is 4.49. The van der Waals surface area contributed by atoms with Crippen molar-refractivity contribution in [3.63, 3.8) is 0 Å². The molecule has 0 spiro atoms. The zero-order valence-corrected chi connectivity index (χ0v) is 8.38. The topological polar surface area (TPSA) is 38.8 Å². The molecule has 2 rings (SSSR count). The van der Waals surface area contributed by atoms with E-state index in [9.17, 15) is 4.79 Å². The van der Waals surface area contributed by atoms with Gasteiger partial charge < -0.3 is 4.74 Å². The van der Waals surface area contributed by atoms with Crippen LogP contribution in [0.25, 0.3) is 0 Å². The number of ether oxygens (including phenoxy) is 1. The van der Waals surface area contributed by atoms with E-state index < -0.39 is 6.09 Å². The molecule has 1 aromatic carbocycles. The molecule has 1 aliphatic rings. The Balaban J connectivity index is 2.32. The predicted octanol–water partition coefficient (Wildman–Crippen LogP) is 2.84. The lowest BCUT2D eigenvalue weighted by molar-refractivity contribution is 0.0704. The highest BCUT2D eigenvalue weighted by molar-refractivity contribution is 6.42. The Bertz CT molecular complexity index is 383. The molecule has 1 amide bonds. The highest BCUT2D eigenvalue weighted by Crippen LogP contribution is 2.28. The number of hydroxylamine groups is 1. The van der Waals surface area contributed by atoms with Crippen LogP contribution in [0, 0.1) is 0 Å². The third-order valence-corrected chi connectivity index (χ3v) is 2.41. The third-order valence-electron chi connectivity index (χ3n) is 1.67. The minimum atomic E-state index is -0.566. The van der Waals surface area contributed by atoms with Gasteiger partial charge >= 0.3 is 6.09 Å². The van der Waals surface area contributed by atoms with E-state index in [1.165, 1.54) is 6.07 Å². The summed E-state index contributed by atoms with van der Waals surface area (Å²) in [5.74, 6) is 0. The van der Waals surface area contributed by atoms with Gasteiger partial charge in [-0.25, -0.2) is 9.63 Å². The van der Waals surface area contributed by atoms with Gasteiger partial charge in [-0.15, -0.1) is 5.06 Å². The van der Waals surface area contributed by atoms with E-state index in [1.54, 1.807) is 12.1 Å². The standard InChI is InChI=1S/C8H5Cl2NO3/c9-6-2-1-5(3-7(6)10)11-8(12)13-4-14-11/h1-3H,4H2. The SMILES string of the molecule is O=C1OCON1c1ccc(Cl)c(Cl)c1. The first kappa shape index (κ1) is 9.58. The number of rotatable bonds is 1. The summed E-state index contributed by atoms with van der Waals surface area (Å²) in [6, 6.07) is 4.71. The van der Waals surface area contributed by atoms with Crippen LogP contribution in [0.3, 0.4) is 0 Å². The van der Waals surface area contributed by atoms with Gasteiger partial charge in [-0.05, 0) is 18.2 Å². The van der Waals surface area contributed by atoms with Crippen molar-refractivity contribution in [1.29, 1.82) is 0 Å². The van der Waals surface area contributed by atoms with Gasteiger partial charge in [0.1, 0.15) is 0 Å². The predicted molar refractivity (Wildman–Crippen MR) is 51.4 cm³/mol. The van der Waals surface area contributed by atoms with Crippen molar-refractivity contribution >= 4 is 35.0 Å². The van der Waals surface area contributed by atoms with Gasteiger partial charge in [-0.2, -0.15) is 0 Å². The molecule has 0 unspecified atom stereocenters. The van der Waals surface area contributed by atoms with Crippen LogP contribution in [0.4, 0.5) is 10.5 Å². The van der Waals surface area contributed by atoms with Gasteiger partial charge in [-0.3, -0.25) is 0 Å². The second-order valence-electron chi connectivity index (χ2n) is 2.55. The van der Waals surface area contributed by atoms with Crippen molar-refractivity contribution in [3.05, 3.63) is 28.2 Å². The van der Waals surface area contributed by atoms with Gasteiger partial charge in [0, 0.05) is 0 Å². The van der Waals surface area contributed by atoms with E-state index in [2.05, 4.69) is 4.74 Å². The zero-order chi connectivity index (χ0) is 10.1. The van der Waals surface area contributed by atoms with Crippen molar-refractivity contribution < 1.29 is 14.4 Å². The summed E-state index contributed by atoms with van der Waals surface area (Å²) in [5, 5.41) is 1.79. The maximum absolute atomic E-state index is 11.1. The minimum absolute atomic E-state index is 0.0842. The summed E-state index contributed by atoms with van der Waals surface area (Å²) in [6.45, 7) is -0.0842. The fraction of sp³-hybridized carbons (Fsp3) is 0.125. The molecule has 0 bridgehead atoms. The number of cyclic esters (lactones) is 1.